The van der Waals surface area contributed by atoms with Gasteiger partial charge in [0.15, 0.2) is 0 Å². The molecule has 0 radical (unpaired) electrons. The Morgan fingerprint density at radius 3 is 2.42 bits per heavy atom. The van der Waals surface area contributed by atoms with E-state index < -0.39 is 11.9 Å². The van der Waals surface area contributed by atoms with Crippen molar-refractivity contribution in [2.75, 3.05) is 27.8 Å². The number of ether oxygens (including phenoxy) is 2. The molecule has 0 aliphatic rings. The Hall–Kier alpha value is -3.98. The van der Waals surface area contributed by atoms with Gasteiger partial charge in [-0.1, -0.05) is 37.6 Å². The monoisotopic (exact) mass is 490 g/mol. The number of hydrogen-bond acceptors (Lipinski definition) is 8. The SMILES string of the molecule is CCCCOc1cc2nc3c(nc2cc1C(=O)OC)c(C(=O)NC(C)N(C)C)c(O)c1ccccc13. The van der Waals surface area contributed by atoms with E-state index in [4.69, 9.17) is 19.4 Å². The van der Waals surface area contributed by atoms with Crippen LogP contribution >= 0.6 is 0 Å². The number of nitrogens with zero attached hydrogens (tertiary/aromatic N) is 3. The minimum atomic E-state index is -0.565. The quantitative estimate of drug-likeness (QED) is 0.124. The number of unbranched alkanes of at least 4 members (excludes halogenated alkanes) is 1. The molecule has 3 aromatic carbocycles. The van der Waals surface area contributed by atoms with Gasteiger partial charge >= 0.3 is 5.97 Å². The number of carbonyl (C=O) groups is 2. The van der Waals surface area contributed by atoms with Gasteiger partial charge in [-0.05, 0) is 33.5 Å². The Bertz CT molecular complexity index is 1470. The van der Waals surface area contributed by atoms with E-state index in [2.05, 4.69) is 12.2 Å². The smallest absolute Gasteiger partial charge is 0.341 e. The Kier molecular flexibility index (Phi) is 7.21. The first kappa shape index (κ1) is 25.1. The van der Waals surface area contributed by atoms with Crippen molar-refractivity contribution in [2.24, 2.45) is 0 Å². The lowest BCUT2D eigenvalue weighted by atomic mass is 10.0. The molecule has 4 rings (SSSR count). The van der Waals surface area contributed by atoms with Crippen LogP contribution in [0.5, 0.6) is 11.5 Å². The number of aromatic hydroxyl groups is 1. The summed E-state index contributed by atoms with van der Waals surface area (Å²) in [5.41, 5.74) is 1.80. The highest BCUT2D eigenvalue weighted by Crippen LogP contribution is 2.37. The molecule has 9 nitrogen and oxygen atoms in total. The fourth-order valence-electron chi connectivity index (χ4n) is 3.91. The van der Waals surface area contributed by atoms with Crippen LogP contribution in [0.15, 0.2) is 36.4 Å². The Morgan fingerprint density at radius 1 is 1.08 bits per heavy atom. The largest absolute Gasteiger partial charge is 0.506 e. The summed E-state index contributed by atoms with van der Waals surface area (Å²) in [4.78, 5) is 37.2. The maximum atomic E-state index is 13.3. The van der Waals surface area contributed by atoms with E-state index in [1.807, 2.05) is 38.1 Å². The van der Waals surface area contributed by atoms with Crippen LogP contribution in [0.3, 0.4) is 0 Å². The lowest BCUT2D eigenvalue weighted by Crippen LogP contribution is -2.42. The fourth-order valence-corrected chi connectivity index (χ4v) is 3.91. The second-order valence-corrected chi connectivity index (χ2v) is 8.83. The van der Waals surface area contributed by atoms with Crippen molar-refractivity contribution in [1.82, 2.24) is 20.2 Å². The molecule has 188 valence electrons. The third-order valence-corrected chi connectivity index (χ3v) is 6.18. The van der Waals surface area contributed by atoms with Crippen LogP contribution in [-0.2, 0) is 4.74 Å². The first-order valence-corrected chi connectivity index (χ1v) is 11.8. The third-order valence-electron chi connectivity index (χ3n) is 6.18. The molecule has 9 heteroatoms. The number of nitrogens with one attached hydrogen (secondary N) is 1. The first-order chi connectivity index (χ1) is 17.3. The first-order valence-electron chi connectivity index (χ1n) is 11.8. The second-order valence-electron chi connectivity index (χ2n) is 8.83. The number of esters is 1. The molecule has 1 aromatic heterocycles. The van der Waals surface area contributed by atoms with Crippen LogP contribution in [0.25, 0.3) is 32.8 Å². The van der Waals surface area contributed by atoms with Crippen molar-refractivity contribution in [1.29, 1.82) is 0 Å². The predicted octanol–water partition coefficient (Wildman–Crippen LogP) is 4.24. The van der Waals surface area contributed by atoms with E-state index in [1.165, 1.54) is 7.11 Å². The summed E-state index contributed by atoms with van der Waals surface area (Å²) in [6.45, 7) is 4.33. The van der Waals surface area contributed by atoms with Crippen LogP contribution in [-0.4, -0.2) is 65.8 Å². The summed E-state index contributed by atoms with van der Waals surface area (Å²) in [5.74, 6) is -0.865. The van der Waals surface area contributed by atoms with E-state index in [9.17, 15) is 14.7 Å². The molecule has 0 spiro atoms. The number of methoxy groups -OCH3 is 1. The molecule has 1 unspecified atom stereocenters. The molecule has 1 heterocycles. The average molecular weight is 491 g/mol. The minimum Gasteiger partial charge on any atom is -0.506 e. The molecule has 0 aliphatic heterocycles. The second kappa shape index (κ2) is 10.3. The van der Waals surface area contributed by atoms with E-state index in [0.717, 1.165) is 12.8 Å². The zero-order valence-electron chi connectivity index (χ0n) is 21.1. The molecule has 0 saturated heterocycles. The molecule has 4 aromatic rings. The van der Waals surface area contributed by atoms with Crippen LogP contribution in [0.1, 0.15) is 47.4 Å². The van der Waals surface area contributed by atoms with Gasteiger partial charge in [0.05, 0.1) is 36.4 Å². The average Bonchev–Trinajstić information content (AvgIpc) is 2.87. The van der Waals surface area contributed by atoms with Gasteiger partial charge in [-0.3, -0.25) is 9.69 Å². The molecule has 0 bridgehead atoms. The number of rotatable bonds is 8. The van der Waals surface area contributed by atoms with E-state index in [1.54, 1.807) is 24.3 Å². The maximum Gasteiger partial charge on any atom is 0.341 e. The van der Waals surface area contributed by atoms with Crippen LogP contribution in [0.4, 0.5) is 0 Å². The molecule has 0 fully saturated rings. The highest BCUT2D eigenvalue weighted by atomic mass is 16.5. The highest BCUT2D eigenvalue weighted by Gasteiger charge is 2.25. The number of aromatic nitrogens is 2. The molecular formula is C27H30N4O5. The molecule has 36 heavy (non-hydrogen) atoms. The molecule has 1 amide bonds. The molecule has 1 atom stereocenters. The minimum absolute atomic E-state index is 0.0229. The van der Waals surface area contributed by atoms with Crippen LogP contribution < -0.4 is 10.1 Å². The van der Waals surface area contributed by atoms with Gasteiger partial charge in [0, 0.05) is 16.8 Å². The number of phenols is 1. The molecule has 0 saturated carbocycles. The lowest BCUT2D eigenvalue weighted by molar-refractivity contribution is 0.0596. The van der Waals surface area contributed by atoms with Crippen molar-refractivity contribution in [2.45, 2.75) is 32.9 Å². The van der Waals surface area contributed by atoms with E-state index >= 15 is 0 Å². The fraction of sp³-hybridized carbons (Fsp3) is 0.333. The zero-order chi connectivity index (χ0) is 26.0. The predicted molar refractivity (Wildman–Crippen MR) is 139 cm³/mol. The summed E-state index contributed by atoms with van der Waals surface area (Å²) in [7, 11) is 4.98. The standard InChI is InChI=1S/C27H30N4O5/c1-6-7-12-36-21-14-20-19(13-18(21)27(34)35-5)30-24-22(26(33)28-15(2)31(3)4)25(32)17-11-9-8-10-16(17)23(24)29-20/h8-11,13-15,32H,6-7,12H2,1-5H3,(H,28,33). The van der Waals surface area contributed by atoms with E-state index in [0.29, 0.717) is 39.7 Å². The Labute approximate surface area is 209 Å². The molecular weight excluding hydrogens is 460 g/mol. The van der Waals surface area contributed by atoms with Gasteiger partial charge in [0.2, 0.25) is 0 Å². The van der Waals surface area contributed by atoms with Gasteiger partial charge in [0.25, 0.3) is 5.91 Å². The van der Waals surface area contributed by atoms with E-state index in [-0.39, 0.29) is 28.6 Å². The number of carbonyl (C=O) groups excluding carboxylic acids is 2. The van der Waals surface area contributed by atoms with Gasteiger partial charge < -0.3 is 19.9 Å². The number of fused-ring (bicyclic) bond motifs is 4. The highest BCUT2D eigenvalue weighted by molar-refractivity contribution is 6.19. The topological polar surface area (TPSA) is 114 Å². The Balaban J connectivity index is 2.01. The van der Waals surface area contributed by atoms with Crippen LogP contribution in [0, 0.1) is 0 Å². The number of amides is 1. The molecule has 2 N–H and O–H groups in total. The van der Waals surface area contributed by atoms with Crippen molar-refractivity contribution in [3.8, 4) is 11.5 Å². The van der Waals surface area contributed by atoms with Gasteiger partial charge in [-0.2, -0.15) is 0 Å². The van der Waals surface area contributed by atoms with Crippen molar-refractivity contribution < 1.29 is 24.2 Å². The van der Waals surface area contributed by atoms with Gasteiger partial charge in [-0.25, -0.2) is 14.8 Å². The van der Waals surface area contributed by atoms with Crippen molar-refractivity contribution >= 4 is 44.7 Å². The number of phenolic OH excluding ortho intramolecular Hbond substituents is 1. The van der Waals surface area contributed by atoms with Crippen molar-refractivity contribution in [3.63, 3.8) is 0 Å². The summed E-state index contributed by atoms with van der Waals surface area (Å²) < 4.78 is 10.8. The molecule has 0 aliphatic carbocycles. The maximum absolute atomic E-state index is 13.3. The zero-order valence-corrected chi connectivity index (χ0v) is 21.1. The van der Waals surface area contributed by atoms with Crippen molar-refractivity contribution in [3.05, 3.63) is 47.5 Å². The van der Waals surface area contributed by atoms with Gasteiger partial charge in [-0.15, -0.1) is 0 Å². The normalized spacial score (nSPS) is 12.3. The summed E-state index contributed by atoms with van der Waals surface area (Å²) in [5, 5.41) is 15.2. The summed E-state index contributed by atoms with van der Waals surface area (Å²) in [6, 6.07) is 10.4. The van der Waals surface area contributed by atoms with Crippen LogP contribution in [0.2, 0.25) is 0 Å². The summed E-state index contributed by atoms with van der Waals surface area (Å²) in [6.07, 6.45) is 1.48. The Morgan fingerprint density at radius 2 is 1.75 bits per heavy atom. The lowest BCUT2D eigenvalue weighted by Gasteiger charge is -2.22. The number of benzene rings is 3. The third kappa shape index (κ3) is 4.61. The summed E-state index contributed by atoms with van der Waals surface area (Å²) >= 11 is 0. The van der Waals surface area contributed by atoms with Gasteiger partial charge in [0.1, 0.15) is 28.1 Å². The number of hydrogen-bond donors (Lipinski definition) is 2.